The maximum absolute atomic E-state index is 9.59. The smallest absolute Gasteiger partial charge is 0.302 e. The summed E-state index contributed by atoms with van der Waals surface area (Å²) in [5.41, 5.74) is 0. The molecule has 1 heterocycles. The molecule has 1 rings (SSSR count). The number of hydrogen-bond donors (Lipinski definition) is 0. The molecule has 3 heteroatoms. The van der Waals surface area contributed by atoms with E-state index >= 15 is 0 Å². The lowest BCUT2D eigenvalue weighted by Crippen LogP contribution is -1.88. The molecule has 0 spiro atoms. The Bertz CT molecular complexity index is 138. The summed E-state index contributed by atoms with van der Waals surface area (Å²) in [5, 5.41) is 0. The number of esters is 1. The zero-order valence-corrected chi connectivity index (χ0v) is 6.03. The molecule has 0 aliphatic heterocycles. The van der Waals surface area contributed by atoms with Gasteiger partial charge in [-0.2, -0.15) is 0 Å². The van der Waals surface area contributed by atoms with Gasteiger partial charge in [0, 0.05) is 6.92 Å². The Morgan fingerprint density at radius 3 is 1.90 bits per heavy atom. The molecule has 10 heavy (non-hydrogen) atoms. The summed E-state index contributed by atoms with van der Waals surface area (Å²) in [6.07, 6.45) is 3.25. The molecule has 0 fully saturated rings. The predicted molar refractivity (Wildman–Crippen MR) is 36.4 cm³/mol. The molecule has 3 nitrogen and oxygen atoms in total. The number of rotatable bonds is 0. The number of carbonyl (C=O) groups excluding carboxylic acids is 1. The van der Waals surface area contributed by atoms with Gasteiger partial charge in [-0.1, -0.05) is 0 Å². The summed E-state index contributed by atoms with van der Waals surface area (Å²) in [6, 6.07) is 3.67. The van der Waals surface area contributed by atoms with Crippen LogP contribution in [0.25, 0.3) is 0 Å². The van der Waals surface area contributed by atoms with E-state index in [1.807, 2.05) is 12.1 Å². The molecule has 0 unspecified atom stereocenters. The Morgan fingerprint density at radius 1 is 1.40 bits per heavy atom. The van der Waals surface area contributed by atoms with Gasteiger partial charge in [0.25, 0.3) is 0 Å². The van der Waals surface area contributed by atoms with Gasteiger partial charge in [-0.3, -0.25) is 4.79 Å². The first kappa shape index (κ1) is 8.75. The van der Waals surface area contributed by atoms with Gasteiger partial charge < -0.3 is 9.15 Å². The van der Waals surface area contributed by atoms with E-state index in [9.17, 15) is 4.79 Å². The highest BCUT2D eigenvalue weighted by atomic mass is 16.5. The zero-order chi connectivity index (χ0) is 7.82. The van der Waals surface area contributed by atoms with Crippen molar-refractivity contribution in [3.8, 4) is 0 Å². The number of ether oxygens (including phenoxy) is 1. The van der Waals surface area contributed by atoms with Crippen LogP contribution in [-0.2, 0) is 9.53 Å². The van der Waals surface area contributed by atoms with Crippen LogP contribution in [0.15, 0.2) is 29.1 Å². The summed E-state index contributed by atoms with van der Waals surface area (Å²) in [7, 11) is 1.35. The Hall–Kier alpha value is -1.25. The van der Waals surface area contributed by atoms with Crippen molar-refractivity contribution in [2.75, 3.05) is 7.11 Å². The van der Waals surface area contributed by atoms with Crippen molar-refractivity contribution in [1.82, 2.24) is 0 Å². The molecular weight excluding hydrogens is 132 g/mol. The molecule has 0 aromatic carbocycles. The van der Waals surface area contributed by atoms with Crippen molar-refractivity contribution in [3.63, 3.8) is 0 Å². The van der Waals surface area contributed by atoms with Crippen LogP contribution >= 0.6 is 0 Å². The third-order valence-electron chi connectivity index (χ3n) is 0.713. The molecule has 0 N–H and O–H groups in total. The third-order valence-corrected chi connectivity index (χ3v) is 0.713. The molecule has 0 bridgehead atoms. The van der Waals surface area contributed by atoms with Crippen LogP contribution in [0.1, 0.15) is 6.92 Å². The Balaban J connectivity index is 0.000000162. The lowest BCUT2D eigenvalue weighted by atomic mass is 10.7. The van der Waals surface area contributed by atoms with E-state index in [2.05, 4.69) is 9.15 Å². The minimum atomic E-state index is -0.245. The molecule has 0 aliphatic carbocycles. The number of carbonyl (C=O) groups is 1. The van der Waals surface area contributed by atoms with Gasteiger partial charge >= 0.3 is 5.97 Å². The monoisotopic (exact) mass is 142 g/mol. The van der Waals surface area contributed by atoms with Crippen LogP contribution in [0.3, 0.4) is 0 Å². The quantitative estimate of drug-likeness (QED) is 0.515. The first-order valence-electron chi connectivity index (χ1n) is 2.79. The normalized spacial score (nSPS) is 7.40. The van der Waals surface area contributed by atoms with Crippen LogP contribution in [-0.4, -0.2) is 13.1 Å². The molecule has 0 saturated heterocycles. The summed E-state index contributed by atoms with van der Waals surface area (Å²) in [5.74, 6) is -0.245. The molecule has 0 saturated carbocycles. The number of methoxy groups -OCH3 is 1. The summed E-state index contributed by atoms with van der Waals surface area (Å²) < 4.78 is 8.69. The summed E-state index contributed by atoms with van der Waals surface area (Å²) in [6.45, 7) is 1.36. The van der Waals surface area contributed by atoms with Crippen LogP contribution in [0.4, 0.5) is 0 Å². The van der Waals surface area contributed by atoms with Gasteiger partial charge in [-0.05, 0) is 12.1 Å². The van der Waals surface area contributed by atoms with E-state index in [0.717, 1.165) is 0 Å². The second kappa shape index (κ2) is 5.88. The SMILES string of the molecule is COC(C)=O.c1ccoc1. The second-order valence-electron chi connectivity index (χ2n) is 1.49. The first-order chi connectivity index (χ1) is 4.77. The maximum atomic E-state index is 9.59. The minimum Gasteiger partial charge on any atom is -0.473 e. The highest BCUT2D eigenvalue weighted by Crippen LogP contribution is 1.79. The van der Waals surface area contributed by atoms with Crippen LogP contribution in [0, 0.1) is 0 Å². The van der Waals surface area contributed by atoms with E-state index in [1.54, 1.807) is 12.5 Å². The van der Waals surface area contributed by atoms with Gasteiger partial charge in [0.15, 0.2) is 0 Å². The molecule has 1 aromatic rings. The molecule has 1 aromatic heterocycles. The lowest BCUT2D eigenvalue weighted by Gasteiger charge is -1.80. The minimum absolute atomic E-state index is 0.245. The summed E-state index contributed by atoms with van der Waals surface area (Å²) >= 11 is 0. The Labute approximate surface area is 59.6 Å². The first-order valence-corrected chi connectivity index (χ1v) is 2.79. The van der Waals surface area contributed by atoms with E-state index in [1.165, 1.54) is 14.0 Å². The Kier molecular flexibility index (Phi) is 5.14. The highest BCUT2D eigenvalue weighted by Gasteiger charge is 1.75. The molecule has 0 radical (unpaired) electrons. The van der Waals surface area contributed by atoms with E-state index in [0.29, 0.717) is 0 Å². The van der Waals surface area contributed by atoms with Crippen LogP contribution in [0.2, 0.25) is 0 Å². The number of hydrogen-bond acceptors (Lipinski definition) is 3. The predicted octanol–water partition coefficient (Wildman–Crippen LogP) is 1.46. The fraction of sp³-hybridized carbons (Fsp3) is 0.286. The highest BCUT2D eigenvalue weighted by molar-refractivity contribution is 5.65. The van der Waals surface area contributed by atoms with E-state index in [-0.39, 0.29) is 5.97 Å². The fourth-order valence-electron chi connectivity index (χ4n) is 0.227. The van der Waals surface area contributed by atoms with Crippen molar-refractivity contribution in [2.24, 2.45) is 0 Å². The van der Waals surface area contributed by atoms with Crippen molar-refractivity contribution < 1.29 is 13.9 Å². The largest absolute Gasteiger partial charge is 0.473 e. The van der Waals surface area contributed by atoms with Crippen LogP contribution < -0.4 is 0 Å². The molecule has 0 aliphatic rings. The Morgan fingerprint density at radius 2 is 1.80 bits per heavy atom. The maximum Gasteiger partial charge on any atom is 0.302 e. The summed E-state index contributed by atoms with van der Waals surface area (Å²) in [4.78, 5) is 9.59. The van der Waals surface area contributed by atoms with Crippen molar-refractivity contribution in [3.05, 3.63) is 24.7 Å². The molecule has 0 amide bonds. The van der Waals surface area contributed by atoms with Gasteiger partial charge in [0.1, 0.15) is 0 Å². The molecule has 56 valence electrons. The average molecular weight is 142 g/mol. The fourth-order valence-corrected chi connectivity index (χ4v) is 0.227. The van der Waals surface area contributed by atoms with Gasteiger partial charge in [-0.25, -0.2) is 0 Å². The standard InChI is InChI=1S/C4H4O.C3H6O2/c1-2-4-5-3-1;1-3(4)5-2/h1-4H;1-2H3. The van der Waals surface area contributed by atoms with Crippen molar-refractivity contribution in [2.45, 2.75) is 6.92 Å². The van der Waals surface area contributed by atoms with Gasteiger partial charge in [-0.15, -0.1) is 0 Å². The second-order valence-corrected chi connectivity index (χ2v) is 1.49. The van der Waals surface area contributed by atoms with E-state index in [4.69, 9.17) is 0 Å². The van der Waals surface area contributed by atoms with Gasteiger partial charge in [0.05, 0.1) is 19.6 Å². The topological polar surface area (TPSA) is 39.4 Å². The zero-order valence-electron chi connectivity index (χ0n) is 6.03. The third kappa shape index (κ3) is 6.75. The lowest BCUT2D eigenvalue weighted by molar-refractivity contribution is -0.137. The van der Waals surface area contributed by atoms with Crippen LogP contribution in [0.5, 0.6) is 0 Å². The van der Waals surface area contributed by atoms with Crippen molar-refractivity contribution in [1.29, 1.82) is 0 Å². The molecule has 0 atom stereocenters. The van der Waals surface area contributed by atoms with E-state index < -0.39 is 0 Å². The number of furan rings is 1. The van der Waals surface area contributed by atoms with Gasteiger partial charge in [0.2, 0.25) is 0 Å². The average Bonchev–Trinajstić information content (AvgIpc) is 2.43. The van der Waals surface area contributed by atoms with Crippen molar-refractivity contribution >= 4 is 5.97 Å². The molecular formula is C7H10O3.